The monoisotopic (exact) mass is 276 g/mol. The van der Waals surface area contributed by atoms with E-state index in [0.29, 0.717) is 25.2 Å². The van der Waals surface area contributed by atoms with E-state index in [0.717, 1.165) is 5.75 Å². The minimum Gasteiger partial charge on any atom is -0.492 e. The van der Waals surface area contributed by atoms with Crippen molar-refractivity contribution in [3.8, 4) is 5.75 Å². The molecule has 0 heterocycles. The first kappa shape index (κ1) is 14.7. The number of hydrazine groups is 1. The number of guanidine groups is 1. The molecule has 0 radical (unpaired) electrons. The number of hydrogen-bond acceptors (Lipinski definition) is 3. The molecule has 1 aromatic rings. The molecule has 1 fully saturated rings. The van der Waals surface area contributed by atoms with Gasteiger partial charge in [-0.25, -0.2) is 10.8 Å². The zero-order valence-electron chi connectivity index (χ0n) is 11.8. The zero-order chi connectivity index (χ0) is 14.0. The lowest BCUT2D eigenvalue weighted by atomic mass is 9.96. The summed E-state index contributed by atoms with van der Waals surface area (Å²) in [5, 5.41) is 3.36. The summed E-state index contributed by atoms with van der Waals surface area (Å²) < 4.78 is 5.59. The topological polar surface area (TPSA) is 71.7 Å². The van der Waals surface area contributed by atoms with E-state index in [1.54, 1.807) is 0 Å². The summed E-state index contributed by atoms with van der Waals surface area (Å²) in [5.74, 6) is 7.03. The summed E-state index contributed by atoms with van der Waals surface area (Å²) in [5.41, 5.74) is 2.63. The highest BCUT2D eigenvalue weighted by molar-refractivity contribution is 5.79. The Hall–Kier alpha value is -1.75. The van der Waals surface area contributed by atoms with Crippen molar-refractivity contribution < 1.29 is 4.74 Å². The van der Waals surface area contributed by atoms with Crippen LogP contribution in [0.1, 0.15) is 32.1 Å². The molecule has 0 amide bonds. The van der Waals surface area contributed by atoms with Gasteiger partial charge in [-0.1, -0.05) is 37.5 Å². The third-order valence-electron chi connectivity index (χ3n) is 3.46. The van der Waals surface area contributed by atoms with Gasteiger partial charge >= 0.3 is 0 Å². The Morgan fingerprint density at radius 1 is 1.20 bits per heavy atom. The van der Waals surface area contributed by atoms with E-state index in [1.165, 1.54) is 32.1 Å². The molecule has 1 aromatic carbocycles. The second-order valence-corrected chi connectivity index (χ2v) is 5.02. The second kappa shape index (κ2) is 8.43. The van der Waals surface area contributed by atoms with Gasteiger partial charge in [-0.15, -0.1) is 0 Å². The van der Waals surface area contributed by atoms with E-state index >= 15 is 0 Å². The van der Waals surface area contributed by atoms with Crippen molar-refractivity contribution in [2.45, 2.75) is 38.1 Å². The normalized spacial score (nSPS) is 16.8. The summed E-state index contributed by atoms with van der Waals surface area (Å²) in [6.45, 7) is 1.12. The molecule has 0 bridgehead atoms. The van der Waals surface area contributed by atoms with Gasteiger partial charge in [0, 0.05) is 6.04 Å². The highest BCUT2D eigenvalue weighted by Gasteiger charge is 2.13. The van der Waals surface area contributed by atoms with Gasteiger partial charge in [0.1, 0.15) is 12.4 Å². The molecule has 0 aliphatic heterocycles. The summed E-state index contributed by atoms with van der Waals surface area (Å²) >= 11 is 0. The molecule has 0 unspecified atom stereocenters. The largest absolute Gasteiger partial charge is 0.492 e. The highest BCUT2D eigenvalue weighted by atomic mass is 16.5. The molecule has 1 aliphatic carbocycles. The van der Waals surface area contributed by atoms with Crippen LogP contribution in [0.15, 0.2) is 35.3 Å². The summed E-state index contributed by atoms with van der Waals surface area (Å²) in [4.78, 5) is 4.40. The SMILES string of the molecule is NNC(=NCCOc1ccccc1)NC1CCCCC1. The number of benzene rings is 1. The molecule has 0 saturated heterocycles. The van der Waals surface area contributed by atoms with E-state index in [2.05, 4.69) is 15.7 Å². The predicted octanol–water partition coefficient (Wildman–Crippen LogP) is 1.81. The van der Waals surface area contributed by atoms with Crippen LogP contribution in [0, 0.1) is 0 Å². The van der Waals surface area contributed by atoms with Crippen molar-refractivity contribution in [2.24, 2.45) is 10.8 Å². The summed E-state index contributed by atoms with van der Waals surface area (Å²) in [6.07, 6.45) is 6.30. The van der Waals surface area contributed by atoms with Gasteiger partial charge < -0.3 is 10.1 Å². The Morgan fingerprint density at radius 2 is 1.95 bits per heavy atom. The smallest absolute Gasteiger partial charge is 0.206 e. The second-order valence-electron chi connectivity index (χ2n) is 5.02. The molecule has 0 spiro atoms. The maximum Gasteiger partial charge on any atom is 0.206 e. The number of para-hydroxylation sites is 1. The molecule has 110 valence electrons. The minimum atomic E-state index is 0.494. The maximum atomic E-state index is 5.59. The number of nitrogens with one attached hydrogen (secondary N) is 2. The van der Waals surface area contributed by atoms with Crippen LogP contribution in [-0.4, -0.2) is 25.2 Å². The van der Waals surface area contributed by atoms with Gasteiger partial charge in [0.15, 0.2) is 0 Å². The van der Waals surface area contributed by atoms with Crippen LogP contribution in [0.25, 0.3) is 0 Å². The first-order chi connectivity index (χ1) is 9.88. The quantitative estimate of drug-likeness (QED) is 0.252. The Morgan fingerprint density at radius 3 is 2.65 bits per heavy atom. The summed E-state index contributed by atoms with van der Waals surface area (Å²) in [7, 11) is 0. The first-order valence-electron chi connectivity index (χ1n) is 7.34. The lowest BCUT2D eigenvalue weighted by molar-refractivity contribution is 0.328. The zero-order valence-corrected chi connectivity index (χ0v) is 11.8. The molecule has 0 atom stereocenters. The molecule has 1 saturated carbocycles. The maximum absolute atomic E-state index is 5.59. The fourth-order valence-corrected chi connectivity index (χ4v) is 2.41. The van der Waals surface area contributed by atoms with Crippen molar-refractivity contribution >= 4 is 5.96 Å². The Labute approximate surface area is 120 Å². The number of nitrogens with zero attached hydrogens (tertiary/aromatic N) is 1. The predicted molar refractivity (Wildman–Crippen MR) is 81.6 cm³/mol. The molecule has 20 heavy (non-hydrogen) atoms. The van der Waals surface area contributed by atoms with Crippen molar-refractivity contribution in [3.63, 3.8) is 0 Å². The molecule has 0 aromatic heterocycles. The van der Waals surface area contributed by atoms with Crippen LogP contribution in [-0.2, 0) is 0 Å². The van der Waals surface area contributed by atoms with Crippen LogP contribution in [0.2, 0.25) is 0 Å². The lowest BCUT2D eigenvalue weighted by Gasteiger charge is -2.24. The van der Waals surface area contributed by atoms with Crippen molar-refractivity contribution in [3.05, 3.63) is 30.3 Å². The van der Waals surface area contributed by atoms with Crippen molar-refractivity contribution in [2.75, 3.05) is 13.2 Å². The number of aliphatic imine (C=N–C) groups is 1. The Kier molecular flexibility index (Phi) is 6.17. The van der Waals surface area contributed by atoms with Crippen molar-refractivity contribution in [1.82, 2.24) is 10.7 Å². The van der Waals surface area contributed by atoms with Gasteiger partial charge in [0.25, 0.3) is 0 Å². The highest BCUT2D eigenvalue weighted by Crippen LogP contribution is 2.17. The average molecular weight is 276 g/mol. The molecule has 5 nitrogen and oxygen atoms in total. The van der Waals surface area contributed by atoms with Gasteiger partial charge in [0.2, 0.25) is 5.96 Å². The van der Waals surface area contributed by atoms with E-state index in [-0.39, 0.29) is 0 Å². The molecule has 2 rings (SSSR count). The molecule has 4 N–H and O–H groups in total. The van der Waals surface area contributed by atoms with Crippen LogP contribution >= 0.6 is 0 Å². The molecule has 1 aliphatic rings. The van der Waals surface area contributed by atoms with E-state index in [4.69, 9.17) is 10.6 Å². The lowest BCUT2D eigenvalue weighted by Crippen LogP contribution is -2.47. The van der Waals surface area contributed by atoms with Crippen LogP contribution in [0.3, 0.4) is 0 Å². The van der Waals surface area contributed by atoms with Gasteiger partial charge in [-0.3, -0.25) is 5.43 Å². The summed E-state index contributed by atoms with van der Waals surface area (Å²) in [6, 6.07) is 10.2. The first-order valence-corrected chi connectivity index (χ1v) is 7.34. The van der Waals surface area contributed by atoms with Gasteiger partial charge in [-0.05, 0) is 25.0 Å². The van der Waals surface area contributed by atoms with E-state index < -0.39 is 0 Å². The molecular formula is C15H24N4O. The Balaban J connectivity index is 1.70. The number of nitrogens with two attached hydrogens (primary N) is 1. The average Bonchev–Trinajstić information content (AvgIpc) is 2.52. The third kappa shape index (κ3) is 5.09. The van der Waals surface area contributed by atoms with E-state index in [1.807, 2.05) is 30.3 Å². The van der Waals surface area contributed by atoms with Crippen molar-refractivity contribution in [1.29, 1.82) is 0 Å². The third-order valence-corrected chi connectivity index (χ3v) is 3.46. The Bertz CT molecular complexity index is 402. The number of ether oxygens (including phenoxy) is 1. The minimum absolute atomic E-state index is 0.494. The van der Waals surface area contributed by atoms with Crippen LogP contribution < -0.4 is 21.3 Å². The molecular weight excluding hydrogens is 252 g/mol. The van der Waals surface area contributed by atoms with Gasteiger partial charge in [0.05, 0.1) is 6.54 Å². The van der Waals surface area contributed by atoms with Crippen LogP contribution in [0.5, 0.6) is 5.75 Å². The fourth-order valence-electron chi connectivity index (χ4n) is 2.41. The van der Waals surface area contributed by atoms with E-state index in [9.17, 15) is 0 Å². The number of hydrogen-bond donors (Lipinski definition) is 3. The number of rotatable bonds is 5. The van der Waals surface area contributed by atoms with Gasteiger partial charge in [-0.2, -0.15) is 0 Å². The molecule has 5 heteroatoms. The fraction of sp³-hybridized carbons (Fsp3) is 0.533. The standard InChI is InChI=1S/C15H24N4O/c16-19-15(18-13-7-3-1-4-8-13)17-11-12-20-14-9-5-2-6-10-14/h2,5-6,9-10,13H,1,3-4,7-8,11-12,16H2,(H2,17,18,19). The van der Waals surface area contributed by atoms with Crippen LogP contribution in [0.4, 0.5) is 0 Å².